The quantitative estimate of drug-likeness (QED) is 0.697. The van der Waals surface area contributed by atoms with Crippen LogP contribution in [0.4, 0.5) is 0 Å². The first-order valence-electron chi connectivity index (χ1n) is 5.95. The maximum atomic E-state index is 11.4. The van der Waals surface area contributed by atoms with Gasteiger partial charge in [-0.3, -0.25) is 0 Å². The van der Waals surface area contributed by atoms with Crippen LogP contribution >= 0.6 is 0 Å². The average Bonchev–Trinajstić information content (AvgIpc) is 2.43. The molecule has 0 radical (unpaired) electrons. The van der Waals surface area contributed by atoms with E-state index in [0.29, 0.717) is 6.42 Å². The van der Waals surface area contributed by atoms with Gasteiger partial charge in [0.2, 0.25) is 0 Å². The maximum Gasteiger partial charge on any atom is 0.153 e. The molecule has 4 heteroatoms. The van der Waals surface area contributed by atoms with Gasteiger partial charge in [0.25, 0.3) is 0 Å². The number of hydrogen-bond acceptors (Lipinski definition) is 3. The van der Waals surface area contributed by atoms with Crippen LogP contribution in [-0.4, -0.2) is 30.6 Å². The van der Waals surface area contributed by atoms with Crippen molar-refractivity contribution in [3.05, 3.63) is 0 Å². The summed E-state index contributed by atoms with van der Waals surface area (Å²) in [7, 11) is -2.97. The molecular formula is C11H20O3S. The van der Waals surface area contributed by atoms with Gasteiger partial charge in [0.1, 0.15) is 0 Å². The van der Waals surface area contributed by atoms with Crippen LogP contribution < -0.4 is 0 Å². The second-order valence-electron chi connectivity index (χ2n) is 5.13. The van der Waals surface area contributed by atoms with Crippen LogP contribution in [0.1, 0.15) is 44.9 Å². The zero-order valence-electron chi connectivity index (χ0n) is 9.11. The number of aliphatic hydroxyl groups is 1. The Labute approximate surface area is 91.8 Å². The molecule has 1 unspecified atom stereocenters. The summed E-state index contributed by atoms with van der Waals surface area (Å²) in [5.41, 5.74) is -0.900. The molecule has 1 atom stereocenters. The van der Waals surface area contributed by atoms with E-state index in [1.807, 2.05) is 0 Å². The largest absolute Gasteiger partial charge is 0.389 e. The summed E-state index contributed by atoms with van der Waals surface area (Å²) in [5.74, 6) is 0.405. The first-order chi connectivity index (χ1) is 7.02. The molecule has 88 valence electrons. The van der Waals surface area contributed by atoms with Crippen LogP contribution in [-0.2, 0) is 9.84 Å². The third-order valence-electron chi connectivity index (χ3n) is 3.93. The molecule has 2 rings (SSSR count). The topological polar surface area (TPSA) is 54.4 Å². The van der Waals surface area contributed by atoms with Crippen molar-refractivity contribution in [3.8, 4) is 0 Å². The normalized spacial score (nSPS) is 37.7. The summed E-state index contributed by atoms with van der Waals surface area (Å²) in [6, 6.07) is 0. The minimum Gasteiger partial charge on any atom is -0.389 e. The SMILES string of the molecule is O=S1(=O)CCC(O)(C2CCCCCC2)C1. The summed E-state index contributed by atoms with van der Waals surface area (Å²) >= 11 is 0. The molecule has 1 aliphatic heterocycles. The van der Waals surface area contributed by atoms with Crippen molar-refractivity contribution in [2.24, 2.45) is 5.92 Å². The molecule has 1 aliphatic carbocycles. The van der Waals surface area contributed by atoms with E-state index in [-0.39, 0.29) is 17.4 Å². The van der Waals surface area contributed by atoms with Crippen molar-refractivity contribution in [2.75, 3.05) is 11.5 Å². The Morgan fingerprint density at radius 1 is 1.07 bits per heavy atom. The van der Waals surface area contributed by atoms with E-state index in [9.17, 15) is 13.5 Å². The van der Waals surface area contributed by atoms with E-state index in [1.54, 1.807) is 0 Å². The van der Waals surface area contributed by atoms with Crippen LogP contribution in [0.15, 0.2) is 0 Å². The lowest BCUT2D eigenvalue weighted by atomic mass is 9.82. The number of sulfone groups is 1. The highest BCUT2D eigenvalue weighted by Gasteiger charge is 2.45. The molecule has 1 saturated heterocycles. The van der Waals surface area contributed by atoms with Gasteiger partial charge in [-0.15, -0.1) is 0 Å². The Hall–Kier alpha value is -0.0900. The van der Waals surface area contributed by atoms with Crippen molar-refractivity contribution in [3.63, 3.8) is 0 Å². The molecule has 1 N–H and O–H groups in total. The Morgan fingerprint density at radius 2 is 1.67 bits per heavy atom. The Bertz CT molecular complexity index is 315. The zero-order chi connectivity index (χ0) is 10.9. The second kappa shape index (κ2) is 4.06. The van der Waals surface area contributed by atoms with E-state index in [2.05, 4.69) is 0 Å². The predicted molar refractivity (Wildman–Crippen MR) is 59.4 cm³/mol. The van der Waals surface area contributed by atoms with Gasteiger partial charge in [-0.05, 0) is 25.2 Å². The molecular weight excluding hydrogens is 212 g/mol. The fraction of sp³-hybridized carbons (Fsp3) is 1.00. The highest BCUT2D eigenvalue weighted by atomic mass is 32.2. The first kappa shape index (κ1) is 11.4. The van der Waals surface area contributed by atoms with Crippen LogP contribution in [0.2, 0.25) is 0 Å². The molecule has 2 fully saturated rings. The van der Waals surface area contributed by atoms with Gasteiger partial charge >= 0.3 is 0 Å². The number of hydrogen-bond donors (Lipinski definition) is 1. The molecule has 2 aliphatic rings. The Morgan fingerprint density at radius 3 is 2.13 bits per heavy atom. The van der Waals surface area contributed by atoms with Gasteiger partial charge in [0, 0.05) is 0 Å². The second-order valence-corrected chi connectivity index (χ2v) is 7.32. The van der Waals surface area contributed by atoms with E-state index in [4.69, 9.17) is 0 Å². The minimum atomic E-state index is -2.97. The lowest BCUT2D eigenvalue weighted by Gasteiger charge is -2.30. The summed E-state index contributed by atoms with van der Waals surface area (Å²) in [4.78, 5) is 0. The molecule has 1 saturated carbocycles. The minimum absolute atomic E-state index is 0.00463. The third kappa shape index (κ3) is 2.53. The highest BCUT2D eigenvalue weighted by molar-refractivity contribution is 7.91. The fourth-order valence-corrected chi connectivity index (χ4v) is 4.95. The van der Waals surface area contributed by atoms with Gasteiger partial charge in [0.05, 0.1) is 17.1 Å². The molecule has 1 heterocycles. The summed E-state index contributed by atoms with van der Waals surface area (Å²) in [6.45, 7) is 0. The lowest BCUT2D eigenvalue weighted by Crippen LogP contribution is -2.39. The predicted octanol–water partition coefficient (Wildman–Crippen LogP) is 1.51. The molecule has 0 amide bonds. The van der Waals surface area contributed by atoms with Crippen molar-refractivity contribution < 1.29 is 13.5 Å². The zero-order valence-corrected chi connectivity index (χ0v) is 9.93. The van der Waals surface area contributed by atoms with Crippen molar-refractivity contribution in [1.82, 2.24) is 0 Å². The highest BCUT2D eigenvalue weighted by Crippen LogP contribution is 2.38. The third-order valence-corrected chi connectivity index (χ3v) is 5.70. The van der Waals surface area contributed by atoms with Gasteiger partial charge in [-0.2, -0.15) is 0 Å². The Balaban J connectivity index is 2.08. The van der Waals surface area contributed by atoms with Gasteiger partial charge in [-0.1, -0.05) is 25.7 Å². The van der Waals surface area contributed by atoms with E-state index in [0.717, 1.165) is 25.7 Å². The van der Waals surface area contributed by atoms with Crippen LogP contribution in [0.5, 0.6) is 0 Å². The summed E-state index contributed by atoms with van der Waals surface area (Å²) in [6.07, 6.45) is 7.23. The van der Waals surface area contributed by atoms with Crippen molar-refractivity contribution >= 4 is 9.84 Å². The first-order valence-corrected chi connectivity index (χ1v) is 7.77. The fourth-order valence-electron chi connectivity index (χ4n) is 3.00. The molecule has 0 spiro atoms. The molecule has 0 bridgehead atoms. The van der Waals surface area contributed by atoms with Crippen LogP contribution in [0, 0.1) is 5.92 Å². The molecule has 0 aromatic carbocycles. The molecule has 0 aromatic rings. The molecule has 3 nitrogen and oxygen atoms in total. The van der Waals surface area contributed by atoms with Crippen LogP contribution in [0.3, 0.4) is 0 Å². The van der Waals surface area contributed by atoms with Gasteiger partial charge in [0.15, 0.2) is 9.84 Å². The van der Waals surface area contributed by atoms with E-state index >= 15 is 0 Å². The van der Waals surface area contributed by atoms with Crippen molar-refractivity contribution in [1.29, 1.82) is 0 Å². The monoisotopic (exact) mass is 232 g/mol. The standard InChI is InChI=1S/C11H20O3S/c12-11(7-8-15(13,14)9-11)10-5-3-1-2-4-6-10/h10,12H,1-9H2. The number of rotatable bonds is 1. The summed E-state index contributed by atoms with van der Waals surface area (Å²) < 4.78 is 22.8. The molecule has 15 heavy (non-hydrogen) atoms. The van der Waals surface area contributed by atoms with E-state index in [1.165, 1.54) is 12.8 Å². The van der Waals surface area contributed by atoms with Crippen molar-refractivity contribution in [2.45, 2.75) is 50.5 Å². The smallest absolute Gasteiger partial charge is 0.153 e. The van der Waals surface area contributed by atoms with Gasteiger partial charge in [-0.25, -0.2) is 8.42 Å². The maximum absolute atomic E-state index is 11.4. The average molecular weight is 232 g/mol. The molecule has 0 aromatic heterocycles. The van der Waals surface area contributed by atoms with Crippen LogP contribution in [0.25, 0.3) is 0 Å². The summed E-state index contributed by atoms with van der Waals surface area (Å²) in [5, 5.41) is 10.4. The lowest BCUT2D eigenvalue weighted by molar-refractivity contribution is -0.000482. The van der Waals surface area contributed by atoms with E-state index < -0.39 is 15.4 Å². The van der Waals surface area contributed by atoms with Gasteiger partial charge < -0.3 is 5.11 Å². The Kier molecular flexibility index (Phi) is 3.08.